The summed E-state index contributed by atoms with van der Waals surface area (Å²) in [5, 5.41) is 7.21. The number of methoxy groups -OCH3 is 2. The summed E-state index contributed by atoms with van der Waals surface area (Å²) >= 11 is 0. The topological polar surface area (TPSA) is 91.5 Å². The van der Waals surface area contributed by atoms with Crippen LogP contribution in [0.25, 0.3) is 0 Å². The predicted molar refractivity (Wildman–Crippen MR) is 87.2 cm³/mol. The van der Waals surface area contributed by atoms with Crippen molar-refractivity contribution in [2.75, 3.05) is 14.2 Å². The van der Waals surface area contributed by atoms with Crippen molar-refractivity contribution in [3.8, 4) is 11.5 Å². The molecule has 126 valence electrons. The third-order valence-electron chi connectivity index (χ3n) is 3.62. The zero-order valence-corrected chi connectivity index (χ0v) is 13.6. The van der Waals surface area contributed by atoms with E-state index in [2.05, 4.69) is 14.9 Å². The number of ether oxygens (including phenoxy) is 2. The van der Waals surface area contributed by atoms with Crippen LogP contribution < -0.4 is 9.47 Å². The van der Waals surface area contributed by atoms with Gasteiger partial charge in [0.1, 0.15) is 11.5 Å². The third-order valence-corrected chi connectivity index (χ3v) is 3.62. The minimum absolute atomic E-state index is 0.133. The van der Waals surface area contributed by atoms with E-state index in [0.29, 0.717) is 22.6 Å². The van der Waals surface area contributed by atoms with E-state index in [9.17, 15) is 9.59 Å². The highest BCUT2D eigenvalue weighted by Gasteiger charge is 2.26. The lowest BCUT2D eigenvalue weighted by Crippen LogP contribution is -2.11. The van der Waals surface area contributed by atoms with Gasteiger partial charge in [-0.15, -0.1) is 0 Å². The maximum atomic E-state index is 12.6. The SMILES string of the molecule is COc1ccc(C(=O)c2nonc2C(=O)c2ccc(OC)cc2)cc1. The molecule has 1 heterocycles. The second kappa shape index (κ2) is 6.96. The normalized spacial score (nSPS) is 10.3. The predicted octanol–water partition coefficient (Wildman–Crippen LogP) is 2.55. The Bertz CT molecular complexity index is 824. The molecule has 0 amide bonds. The molecule has 0 aliphatic rings. The first-order valence-corrected chi connectivity index (χ1v) is 7.34. The average molecular weight is 338 g/mol. The van der Waals surface area contributed by atoms with Crippen molar-refractivity contribution in [2.45, 2.75) is 0 Å². The van der Waals surface area contributed by atoms with Crippen molar-refractivity contribution < 1.29 is 23.7 Å². The fourth-order valence-corrected chi connectivity index (χ4v) is 2.24. The largest absolute Gasteiger partial charge is 0.497 e. The Kier molecular flexibility index (Phi) is 4.56. The molecule has 0 unspecified atom stereocenters. The molecule has 2 aromatic carbocycles. The van der Waals surface area contributed by atoms with Gasteiger partial charge in [0.25, 0.3) is 0 Å². The smallest absolute Gasteiger partial charge is 0.217 e. The van der Waals surface area contributed by atoms with Crippen LogP contribution >= 0.6 is 0 Å². The molecular weight excluding hydrogens is 324 g/mol. The van der Waals surface area contributed by atoms with Crippen LogP contribution in [-0.4, -0.2) is 36.1 Å². The number of aromatic nitrogens is 2. The number of ketones is 2. The van der Waals surface area contributed by atoms with Gasteiger partial charge < -0.3 is 9.47 Å². The lowest BCUT2D eigenvalue weighted by atomic mass is 10.0. The molecule has 3 rings (SSSR count). The van der Waals surface area contributed by atoms with Crippen LogP contribution in [0.5, 0.6) is 11.5 Å². The Morgan fingerprint density at radius 3 is 1.40 bits per heavy atom. The summed E-state index contributed by atoms with van der Waals surface area (Å²) in [6, 6.07) is 12.9. The van der Waals surface area contributed by atoms with E-state index < -0.39 is 11.6 Å². The first-order chi connectivity index (χ1) is 12.1. The van der Waals surface area contributed by atoms with Crippen molar-refractivity contribution in [3.63, 3.8) is 0 Å². The van der Waals surface area contributed by atoms with E-state index >= 15 is 0 Å². The highest BCUT2D eigenvalue weighted by molar-refractivity contribution is 6.17. The first kappa shape index (κ1) is 16.4. The van der Waals surface area contributed by atoms with Crippen LogP contribution in [0, 0.1) is 0 Å². The highest BCUT2D eigenvalue weighted by Crippen LogP contribution is 2.19. The summed E-state index contributed by atoms with van der Waals surface area (Å²) in [7, 11) is 3.06. The Hall–Kier alpha value is -3.48. The Morgan fingerprint density at radius 2 is 1.08 bits per heavy atom. The van der Waals surface area contributed by atoms with Crippen LogP contribution in [0.1, 0.15) is 32.1 Å². The lowest BCUT2D eigenvalue weighted by Gasteiger charge is -2.03. The van der Waals surface area contributed by atoms with E-state index in [1.54, 1.807) is 48.5 Å². The molecule has 3 aromatic rings. The number of nitrogens with zero attached hydrogens (tertiary/aromatic N) is 2. The number of hydrogen-bond acceptors (Lipinski definition) is 7. The number of hydrogen-bond donors (Lipinski definition) is 0. The molecule has 0 N–H and O–H groups in total. The monoisotopic (exact) mass is 338 g/mol. The summed E-state index contributed by atoms with van der Waals surface area (Å²) in [5.41, 5.74) is 0.428. The van der Waals surface area contributed by atoms with Crippen molar-refractivity contribution in [1.82, 2.24) is 10.3 Å². The van der Waals surface area contributed by atoms with Crippen LogP contribution in [0.3, 0.4) is 0 Å². The lowest BCUT2D eigenvalue weighted by molar-refractivity contribution is 0.0998. The van der Waals surface area contributed by atoms with Gasteiger partial charge in [0.15, 0.2) is 11.4 Å². The Labute approximate surface area is 143 Å². The van der Waals surface area contributed by atoms with Gasteiger partial charge in [-0.3, -0.25) is 9.59 Å². The Balaban J connectivity index is 1.90. The average Bonchev–Trinajstić information content (AvgIpc) is 3.16. The number of benzene rings is 2. The van der Waals surface area contributed by atoms with E-state index in [4.69, 9.17) is 9.47 Å². The van der Waals surface area contributed by atoms with Crippen LogP contribution in [-0.2, 0) is 0 Å². The van der Waals surface area contributed by atoms with Crippen molar-refractivity contribution in [1.29, 1.82) is 0 Å². The molecule has 7 heteroatoms. The minimum Gasteiger partial charge on any atom is -0.497 e. The minimum atomic E-state index is -0.458. The van der Waals surface area contributed by atoms with Gasteiger partial charge in [-0.05, 0) is 58.8 Å². The highest BCUT2D eigenvalue weighted by atomic mass is 16.6. The quantitative estimate of drug-likeness (QED) is 0.638. The van der Waals surface area contributed by atoms with Gasteiger partial charge in [0.2, 0.25) is 11.6 Å². The molecule has 0 saturated heterocycles. The van der Waals surface area contributed by atoms with Gasteiger partial charge in [0, 0.05) is 11.1 Å². The van der Waals surface area contributed by atoms with E-state index in [1.165, 1.54) is 14.2 Å². The summed E-state index contributed by atoms with van der Waals surface area (Å²) < 4.78 is 14.7. The van der Waals surface area contributed by atoms with Gasteiger partial charge in [-0.1, -0.05) is 0 Å². The van der Waals surface area contributed by atoms with E-state index in [0.717, 1.165) is 0 Å². The molecule has 0 saturated carbocycles. The molecule has 25 heavy (non-hydrogen) atoms. The molecule has 0 aliphatic heterocycles. The maximum Gasteiger partial charge on any atom is 0.217 e. The van der Waals surface area contributed by atoms with Crippen LogP contribution in [0.2, 0.25) is 0 Å². The van der Waals surface area contributed by atoms with Crippen LogP contribution in [0.15, 0.2) is 53.2 Å². The van der Waals surface area contributed by atoms with Gasteiger partial charge in [-0.25, -0.2) is 4.63 Å². The van der Waals surface area contributed by atoms with Crippen molar-refractivity contribution in [2.24, 2.45) is 0 Å². The molecule has 0 aliphatic carbocycles. The second-order valence-corrected chi connectivity index (χ2v) is 5.08. The standard InChI is InChI=1S/C18H14N2O5/c1-23-13-7-3-11(4-8-13)17(21)15-16(20-25-19-15)18(22)12-5-9-14(24-2)10-6-12/h3-10H,1-2H3. The maximum absolute atomic E-state index is 12.6. The number of rotatable bonds is 6. The third kappa shape index (κ3) is 3.25. The molecule has 0 atom stereocenters. The fraction of sp³-hybridized carbons (Fsp3) is 0.111. The first-order valence-electron chi connectivity index (χ1n) is 7.34. The molecule has 7 nitrogen and oxygen atoms in total. The Morgan fingerprint density at radius 1 is 0.720 bits per heavy atom. The molecule has 0 bridgehead atoms. The van der Waals surface area contributed by atoms with E-state index in [1.807, 2.05) is 0 Å². The summed E-state index contributed by atoms with van der Waals surface area (Å²) in [4.78, 5) is 25.2. The van der Waals surface area contributed by atoms with Crippen molar-refractivity contribution in [3.05, 3.63) is 71.0 Å². The number of carbonyl (C=O) groups is 2. The fourth-order valence-electron chi connectivity index (χ4n) is 2.24. The molecular formula is C18H14N2O5. The summed E-state index contributed by atoms with van der Waals surface area (Å²) in [5.74, 6) is 0.315. The summed E-state index contributed by atoms with van der Waals surface area (Å²) in [6.45, 7) is 0. The molecule has 0 fully saturated rings. The number of carbonyl (C=O) groups excluding carboxylic acids is 2. The summed E-state index contributed by atoms with van der Waals surface area (Å²) in [6.07, 6.45) is 0. The second-order valence-electron chi connectivity index (χ2n) is 5.08. The van der Waals surface area contributed by atoms with E-state index in [-0.39, 0.29) is 11.4 Å². The van der Waals surface area contributed by atoms with Crippen molar-refractivity contribution >= 4 is 11.6 Å². The molecule has 1 aromatic heterocycles. The van der Waals surface area contributed by atoms with Gasteiger partial charge in [-0.2, -0.15) is 0 Å². The molecule has 0 spiro atoms. The zero-order chi connectivity index (χ0) is 17.8. The van der Waals surface area contributed by atoms with Crippen LogP contribution in [0.4, 0.5) is 0 Å². The zero-order valence-electron chi connectivity index (χ0n) is 13.6. The van der Waals surface area contributed by atoms with Gasteiger partial charge >= 0.3 is 0 Å². The van der Waals surface area contributed by atoms with Gasteiger partial charge in [0.05, 0.1) is 14.2 Å². The molecule has 0 radical (unpaired) electrons.